The molecular weight excluding hydrogens is 302 g/mol. The summed E-state index contributed by atoms with van der Waals surface area (Å²) in [5.41, 5.74) is -1.13. The summed E-state index contributed by atoms with van der Waals surface area (Å²) in [4.78, 5) is 11.8. The van der Waals surface area contributed by atoms with Crippen molar-refractivity contribution in [2.75, 3.05) is 0 Å². The number of ketones is 1. The van der Waals surface area contributed by atoms with E-state index in [1.54, 1.807) is 0 Å². The van der Waals surface area contributed by atoms with Crippen molar-refractivity contribution in [2.45, 2.75) is 69.5 Å². The molecule has 1 unspecified atom stereocenters. The first-order valence-electron chi connectivity index (χ1n) is 6.89. The summed E-state index contributed by atoms with van der Waals surface area (Å²) in [7, 11) is 0. The molecule has 0 N–H and O–H groups in total. The van der Waals surface area contributed by atoms with E-state index in [0.29, 0.717) is 25.7 Å². The third kappa shape index (κ3) is 3.19. The van der Waals surface area contributed by atoms with Crippen LogP contribution in [0, 0.1) is 5.41 Å². The van der Waals surface area contributed by atoms with E-state index in [0.717, 1.165) is 12.8 Å². The fourth-order valence-corrected chi connectivity index (χ4v) is 3.26. The highest BCUT2D eigenvalue weighted by Crippen LogP contribution is 2.51. The minimum Gasteiger partial charge on any atom is -0.356 e. The second-order valence-corrected chi connectivity index (χ2v) is 5.79. The van der Waals surface area contributed by atoms with Crippen molar-refractivity contribution in [3.05, 3.63) is 0 Å². The highest BCUT2D eigenvalue weighted by Gasteiger charge is 2.63. The Labute approximate surface area is 117 Å². The van der Waals surface area contributed by atoms with Crippen LogP contribution in [-0.2, 0) is 9.53 Å². The zero-order valence-electron chi connectivity index (χ0n) is 11.2. The molecule has 8 heteroatoms. The van der Waals surface area contributed by atoms with Gasteiger partial charge in [-0.05, 0) is 12.8 Å². The topological polar surface area (TPSA) is 26.3 Å². The van der Waals surface area contributed by atoms with Gasteiger partial charge in [-0.1, -0.05) is 25.7 Å². The van der Waals surface area contributed by atoms with Crippen molar-refractivity contribution in [3.63, 3.8) is 0 Å². The number of hydrogen-bond donors (Lipinski definition) is 0. The van der Waals surface area contributed by atoms with Gasteiger partial charge in [-0.3, -0.25) is 4.79 Å². The van der Waals surface area contributed by atoms with Crippen LogP contribution >= 0.6 is 0 Å². The Morgan fingerprint density at radius 1 is 0.952 bits per heavy atom. The van der Waals surface area contributed by atoms with Crippen LogP contribution in [0.2, 0.25) is 0 Å². The van der Waals surface area contributed by atoms with Gasteiger partial charge in [0.2, 0.25) is 6.10 Å². The summed E-state index contributed by atoms with van der Waals surface area (Å²) < 4.78 is 79.6. The molecular formula is C13H16F6O2. The second kappa shape index (κ2) is 5.44. The monoisotopic (exact) mass is 318 g/mol. The Hall–Kier alpha value is -0.790. The van der Waals surface area contributed by atoms with Gasteiger partial charge >= 0.3 is 12.4 Å². The van der Waals surface area contributed by atoms with Gasteiger partial charge in [0.15, 0.2) is 0 Å². The molecule has 0 heterocycles. The molecule has 122 valence electrons. The number of hydrogen-bond acceptors (Lipinski definition) is 2. The molecule has 0 amide bonds. The molecule has 2 nitrogen and oxygen atoms in total. The van der Waals surface area contributed by atoms with E-state index in [9.17, 15) is 31.1 Å². The Morgan fingerprint density at radius 2 is 1.43 bits per heavy atom. The molecule has 2 aliphatic carbocycles. The number of carbonyl (C=O) groups is 1. The molecule has 2 aliphatic rings. The number of ether oxygens (including phenoxy) is 1. The van der Waals surface area contributed by atoms with Gasteiger partial charge in [-0.2, -0.15) is 26.3 Å². The third-order valence-corrected chi connectivity index (χ3v) is 4.43. The summed E-state index contributed by atoms with van der Waals surface area (Å²) >= 11 is 0. The van der Waals surface area contributed by atoms with E-state index < -0.39 is 30.0 Å². The average Bonchev–Trinajstić information content (AvgIpc) is 2.58. The number of rotatable bonds is 2. The van der Waals surface area contributed by atoms with Crippen molar-refractivity contribution in [3.8, 4) is 0 Å². The molecule has 0 saturated heterocycles. The molecule has 2 saturated carbocycles. The van der Waals surface area contributed by atoms with Crippen molar-refractivity contribution < 1.29 is 35.9 Å². The Bertz CT molecular complexity index is 378. The van der Waals surface area contributed by atoms with Crippen LogP contribution in [0.5, 0.6) is 0 Å². The van der Waals surface area contributed by atoms with E-state index in [2.05, 4.69) is 4.74 Å². The molecule has 0 aromatic rings. The van der Waals surface area contributed by atoms with Gasteiger partial charge in [0.05, 0.1) is 11.5 Å². The maximum Gasteiger partial charge on any atom is 0.423 e. The van der Waals surface area contributed by atoms with Gasteiger partial charge in [0.25, 0.3) is 0 Å². The zero-order valence-corrected chi connectivity index (χ0v) is 11.2. The highest BCUT2D eigenvalue weighted by atomic mass is 19.4. The van der Waals surface area contributed by atoms with Crippen molar-refractivity contribution in [2.24, 2.45) is 5.41 Å². The van der Waals surface area contributed by atoms with Crippen LogP contribution in [0.15, 0.2) is 0 Å². The standard InChI is InChI=1S/C13H16F6O2/c14-12(15,16)10(13(17,18)19)21-9-7-8(20)11(9)5-3-1-2-4-6-11/h9-10H,1-7H2. The first-order valence-corrected chi connectivity index (χ1v) is 6.89. The van der Waals surface area contributed by atoms with Gasteiger partial charge < -0.3 is 4.74 Å². The lowest BCUT2D eigenvalue weighted by Crippen LogP contribution is -2.59. The first kappa shape index (κ1) is 16.6. The van der Waals surface area contributed by atoms with Crippen LogP contribution in [0.1, 0.15) is 44.9 Å². The predicted octanol–water partition coefficient (Wildman–Crippen LogP) is 4.18. The van der Waals surface area contributed by atoms with Crippen molar-refractivity contribution >= 4 is 5.78 Å². The fraction of sp³-hybridized carbons (Fsp3) is 0.923. The third-order valence-electron chi connectivity index (χ3n) is 4.43. The van der Waals surface area contributed by atoms with Crippen LogP contribution in [0.4, 0.5) is 26.3 Å². The molecule has 2 rings (SSSR count). The van der Waals surface area contributed by atoms with Gasteiger partial charge in [0, 0.05) is 6.42 Å². The summed E-state index contributed by atoms with van der Waals surface area (Å²) in [6.07, 6.45) is -12.9. The van der Waals surface area contributed by atoms with Gasteiger partial charge in [0.1, 0.15) is 5.78 Å². The molecule has 2 fully saturated rings. The molecule has 0 bridgehead atoms. The Morgan fingerprint density at radius 3 is 1.81 bits per heavy atom. The highest BCUT2D eigenvalue weighted by molar-refractivity contribution is 5.92. The SMILES string of the molecule is O=C1CC(OC(C(F)(F)F)C(F)(F)F)C12CCCCCC2. The van der Waals surface area contributed by atoms with Crippen molar-refractivity contribution in [1.29, 1.82) is 0 Å². The maximum atomic E-state index is 12.5. The van der Waals surface area contributed by atoms with E-state index in [4.69, 9.17) is 0 Å². The Balaban J connectivity index is 2.15. The molecule has 1 atom stereocenters. The predicted molar refractivity (Wildman–Crippen MR) is 60.5 cm³/mol. The molecule has 0 radical (unpaired) electrons. The van der Waals surface area contributed by atoms with Crippen LogP contribution < -0.4 is 0 Å². The lowest BCUT2D eigenvalue weighted by Gasteiger charge is -2.48. The summed E-state index contributed by atoms with van der Waals surface area (Å²) in [6, 6.07) is 0. The first-order chi connectivity index (χ1) is 9.57. The van der Waals surface area contributed by atoms with E-state index in [1.807, 2.05) is 0 Å². The minimum atomic E-state index is -5.52. The molecule has 0 aliphatic heterocycles. The fourth-order valence-electron chi connectivity index (χ4n) is 3.26. The van der Waals surface area contributed by atoms with Crippen LogP contribution in [0.25, 0.3) is 0 Å². The molecule has 21 heavy (non-hydrogen) atoms. The van der Waals surface area contributed by atoms with Gasteiger partial charge in [-0.25, -0.2) is 0 Å². The number of carbonyl (C=O) groups excluding carboxylic acids is 1. The second-order valence-electron chi connectivity index (χ2n) is 5.79. The summed E-state index contributed by atoms with van der Waals surface area (Å²) in [5.74, 6) is -0.266. The van der Waals surface area contributed by atoms with Gasteiger partial charge in [-0.15, -0.1) is 0 Å². The summed E-state index contributed by atoms with van der Waals surface area (Å²) in [5, 5.41) is 0. The minimum absolute atomic E-state index is 0.266. The lowest BCUT2D eigenvalue weighted by atomic mass is 9.60. The average molecular weight is 318 g/mol. The molecule has 0 aromatic heterocycles. The van der Waals surface area contributed by atoms with Crippen LogP contribution in [-0.4, -0.2) is 30.3 Å². The number of Topliss-reactive ketones (excluding diaryl/α,β-unsaturated/α-hetero) is 1. The van der Waals surface area contributed by atoms with E-state index in [-0.39, 0.29) is 12.2 Å². The van der Waals surface area contributed by atoms with E-state index in [1.165, 1.54) is 0 Å². The number of halogens is 6. The molecule has 1 spiro atoms. The Kier molecular flexibility index (Phi) is 4.30. The largest absolute Gasteiger partial charge is 0.423 e. The zero-order chi connectivity index (χ0) is 15.9. The smallest absolute Gasteiger partial charge is 0.356 e. The molecule has 0 aromatic carbocycles. The van der Waals surface area contributed by atoms with E-state index >= 15 is 0 Å². The van der Waals surface area contributed by atoms with Crippen molar-refractivity contribution in [1.82, 2.24) is 0 Å². The van der Waals surface area contributed by atoms with Crippen LogP contribution in [0.3, 0.4) is 0 Å². The quantitative estimate of drug-likeness (QED) is 0.714. The summed E-state index contributed by atoms with van der Waals surface area (Å²) in [6.45, 7) is 0. The normalized spacial score (nSPS) is 26.8. The lowest BCUT2D eigenvalue weighted by molar-refractivity contribution is -0.341. The maximum absolute atomic E-state index is 12.5. The number of alkyl halides is 6.